The topological polar surface area (TPSA) is 40.5 Å². The lowest BCUT2D eigenvalue weighted by molar-refractivity contribution is 0.474. The average Bonchev–Trinajstić information content (AvgIpc) is 2.44. The van der Waals surface area contributed by atoms with Crippen molar-refractivity contribution >= 4 is 0 Å². The molecule has 0 spiro atoms. The maximum atomic E-state index is 9.42. The quantitative estimate of drug-likeness (QED) is 0.810. The average molecular weight is 254 g/mol. The van der Waals surface area contributed by atoms with Crippen molar-refractivity contribution in [1.29, 1.82) is 0 Å². The molecule has 0 heterocycles. The Kier molecular flexibility index (Phi) is 3.61. The summed E-state index contributed by atoms with van der Waals surface area (Å²) in [7, 11) is 0. The first-order valence-electron chi connectivity index (χ1n) is 6.35. The first kappa shape index (κ1) is 13.2. The Morgan fingerprint density at radius 2 is 1.26 bits per heavy atom. The van der Waals surface area contributed by atoms with Crippen LogP contribution in [0.1, 0.15) is 24.5 Å². The molecule has 0 unspecified atom stereocenters. The summed E-state index contributed by atoms with van der Waals surface area (Å²) >= 11 is 0. The van der Waals surface area contributed by atoms with E-state index in [1.165, 1.54) is 0 Å². The molecule has 0 atom stereocenters. The molecular formula is C17H18O2. The molecule has 2 rings (SSSR count). The third-order valence-corrected chi connectivity index (χ3v) is 3.67. The number of hydrogen-bond donors (Lipinski definition) is 2. The first-order chi connectivity index (χ1) is 9.12. The van der Waals surface area contributed by atoms with Crippen LogP contribution in [0.25, 0.3) is 0 Å². The fourth-order valence-corrected chi connectivity index (χ4v) is 2.47. The van der Waals surface area contributed by atoms with Crippen LogP contribution in [0.3, 0.4) is 0 Å². The number of rotatable bonds is 4. The molecule has 0 amide bonds. The minimum Gasteiger partial charge on any atom is -0.508 e. The van der Waals surface area contributed by atoms with E-state index in [2.05, 4.69) is 13.5 Å². The van der Waals surface area contributed by atoms with Gasteiger partial charge in [-0.05, 0) is 41.8 Å². The fraction of sp³-hybridized carbons (Fsp3) is 0.176. The number of benzene rings is 2. The maximum Gasteiger partial charge on any atom is 0.115 e. The van der Waals surface area contributed by atoms with Crippen LogP contribution in [0.4, 0.5) is 0 Å². The lowest BCUT2D eigenvalue weighted by atomic mass is 9.72. The molecule has 0 aliphatic heterocycles. The van der Waals surface area contributed by atoms with E-state index in [4.69, 9.17) is 0 Å². The van der Waals surface area contributed by atoms with Gasteiger partial charge in [0.25, 0.3) is 0 Å². The Bertz CT molecular complexity index is 507. The lowest BCUT2D eigenvalue weighted by Crippen LogP contribution is -2.23. The highest BCUT2D eigenvalue weighted by molar-refractivity contribution is 5.46. The molecule has 0 saturated heterocycles. The highest BCUT2D eigenvalue weighted by Gasteiger charge is 2.28. The van der Waals surface area contributed by atoms with Crippen LogP contribution in [-0.2, 0) is 5.41 Å². The summed E-state index contributed by atoms with van der Waals surface area (Å²) < 4.78 is 0. The number of allylic oxidation sites excluding steroid dienone is 1. The Balaban J connectivity index is 2.56. The van der Waals surface area contributed by atoms with Crippen molar-refractivity contribution in [2.75, 3.05) is 0 Å². The molecule has 19 heavy (non-hydrogen) atoms. The Morgan fingerprint density at radius 3 is 1.53 bits per heavy atom. The highest BCUT2D eigenvalue weighted by Crippen LogP contribution is 2.37. The van der Waals surface area contributed by atoms with Gasteiger partial charge in [0, 0.05) is 5.41 Å². The Morgan fingerprint density at radius 1 is 0.895 bits per heavy atom. The predicted octanol–water partition coefficient (Wildman–Crippen LogP) is 3.98. The van der Waals surface area contributed by atoms with Gasteiger partial charge >= 0.3 is 0 Å². The van der Waals surface area contributed by atoms with Crippen molar-refractivity contribution in [1.82, 2.24) is 0 Å². The van der Waals surface area contributed by atoms with Crippen molar-refractivity contribution in [2.24, 2.45) is 0 Å². The molecule has 2 heteroatoms. The van der Waals surface area contributed by atoms with Gasteiger partial charge in [0.2, 0.25) is 0 Å². The van der Waals surface area contributed by atoms with Gasteiger partial charge in [-0.1, -0.05) is 37.3 Å². The van der Waals surface area contributed by atoms with Crippen LogP contribution < -0.4 is 0 Å². The van der Waals surface area contributed by atoms with E-state index in [0.29, 0.717) is 0 Å². The van der Waals surface area contributed by atoms with Gasteiger partial charge in [-0.3, -0.25) is 0 Å². The van der Waals surface area contributed by atoms with Crippen LogP contribution in [0, 0.1) is 0 Å². The zero-order chi connectivity index (χ0) is 13.9. The van der Waals surface area contributed by atoms with E-state index in [0.717, 1.165) is 17.5 Å². The molecule has 2 aromatic rings. The second-order valence-electron chi connectivity index (χ2n) is 4.62. The summed E-state index contributed by atoms with van der Waals surface area (Å²) in [6, 6.07) is 14.4. The van der Waals surface area contributed by atoms with Crippen LogP contribution in [0.5, 0.6) is 11.5 Å². The van der Waals surface area contributed by atoms with Gasteiger partial charge in [0.15, 0.2) is 0 Å². The number of phenols is 2. The first-order valence-corrected chi connectivity index (χ1v) is 6.35. The zero-order valence-electron chi connectivity index (χ0n) is 11.0. The molecule has 0 saturated carbocycles. The fourth-order valence-electron chi connectivity index (χ4n) is 2.47. The largest absolute Gasteiger partial charge is 0.508 e. The number of aromatic hydroxyl groups is 2. The highest BCUT2D eigenvalue weighted by atomic mass is 16.3. The van der Waals surface area contributed by atoms with Crippen LogP contribution in [0.2, 0.25) is 0 Å². The van der Waals surface area contributed by atoms with Gasteiger partial charge in [-0.25, -0.2) is 0 Å². The molecule has 0 radical (unpaired) electrons. The standard InChI is InChI=1S/C17H18O2/c1-3-17(4-2,13-5-9-15(18)10-6-13)14-7-11-16(19)12-8-14/h3,5-12,18-19H,1,4H2,2H3. The van der Waals surface area contributed by atoms with E-state index in [1.807, 2.05) is 30.3 Å². The number of hydrogen-bond acceptors (Lipinski definition) is 2. The Labute approximate surface area is 113 Å². The number of phenolic OH excluding ortho intramolecular Hbond substituents is 2. The maximum absolute atomic E-state index is 9.42. The molecule has 0 aliphatic carbocycles. The van der Waals surface area contributed by atoms with Crippen molar-refractivity contribution in [2.45, 2.75) is 18.8 Å². The smallest absolute Gasteiger partial charge is 0.115 e. The summed E-state index contributed by atoms with van der Waals surface area (Å²) in [5.74, 6) is 0.507. The zero-order valence-corrected chi connectivity index (χ0v) is 11.0. The molecule has 2 N–H and O–H groups in total. The molecule has 2 nitrogen and oxygen atoms in total. The van der Waals surface area contributed by atoms with Crippen molar-refractivity contribution in [3.63, 3.8) is 0 Å². The molecule has 0 aliphatic rings. The van der Waals surface area contributed by atoms with Crippen molar-refractivity contribution < 1.29 is 10.2 Å². The molecule has 0 aromatic heterocycles. The van der Waals surface area contributed by atoms with E-state index >= 15 is 0 Å². The van der Waals surface area contributed by atoms with E-state index < -0.39 is 0 Å². The van der Waals surface area contributed by atoms with E-state index in [-0.39, 0.29) is 16.9 Å². The van der Waals surface area contributed by atoms with Gasteiger partial charge in [-0.15, -0.1) is 6.58 Å². The second-order valence-corrected chi connectivity index (χ2v) is 4.62. The second kappa shape index (κ2) is 5.19. The van der Waals surface area contributed by atoms with Crippen LogP contribution >= 0.6 is 0 Å². The van der Waals surface area contributed by atoms with Crippen molar-refractivity contribution in [3.05, 3.63) is 72.3 Å². The molecule has 0 bridgehead atoms. The molecule has 0 fully saturated rings. The van der Waals surface area contributed by atoms with E-state index in [1.54, 1.807) is 24.3 Å². The molecular weight excluding hydrogens is 236 g/mol. The van der Waals surface area contributed by atoms with Gasteiger partial charge in [0.05, 0.1) is 0 Å². The van der Waals surface area contributed by atoms with Crippen LogP contribution in [0.15, 0.2) is 61.2 Å². The van der Waals surface area contributed by atoms with Crippen molar-refractivity contribution in [3.8, 4) is 11.5 Å². The minimum absolute atomic E-state index is 0.253. The SMILES string of the molecule is C=CC(CC)(c1ccc(O)cc1)c1ccc(O)cc1. The lowest BCUT2D eigenvalue weighted by Gasteiger charge is -2.30. The van der Waals surface area contributed by atoms with Crippen LogP contribution in [-0.4, -0.2) is 10.2 Å². The van der Waals surface area contributed by atoms with Gasteiger partial charge < -0.3 is 10.2 Å². The van der Waals surface area contributed by atoms with E-state index in [9.17, 15) is 10.2 Å². The Hall–Kier alpha value is -2.22. The monoisotopic (exact) mass is 254 g/mol. The third kappa shape index (κ3) is 2.34. The minimum atomic E-state index is -0.304. The summed E-state index contributed by atoms with van der Waals surface area (Å²) in [6.07, 6.45) is 2.78. The molecule has 2 aromatic carbocycles. The van der Waals surface area contributed by atoms with Gasteiger partial charge in [-0.2, -0.15) is 0 Å². The summed E-state index contributed by atoms with van der Waals surface area (Å²) in [4.78, 5) is 0. The predicted molar refractivity (Wildman–Crippen MR) is 77.5 cm³/mol. The normalized spacial score (nSPS) is 11.2. The summed E-state index contributed by atoms with van der Waals surface area (Å²) in [6.45, 7) is 6.08. The molecule has 98 valence electrons. The summed E-state index contributed by atoms with van der Waals surface area (Å²) in [5.41, 5.74) is 1.85. The third-order valence-electron chi connectivity index (χ3n) is 3.67. The summed E-state index contributed by atoms with van der Waals surface area (Å²) in [5, 5.41) is 18.8. The van der Waals surface area contributed by atoms with Gasteiger partial charge in [0.1, 0.15) is 11.5 Å².